The van der Waals surface area contributed by atoms with Crippen molar-refractivity contribution in [2.75, 3.05) is 6.61 Å². The zero-order valence-electron chi connectivity index (χ0n) is 41.8. The number of rotatable bonds is 51. The molecule has 5 heteroatoms. The third-order valence-corrected chi connectivity index (χ3v) is 13.0. The third-order valence-electron chi connectivity index (χ3n) is 13.0. The van der Waals surface area contributed by atoms with Crippen LogP contribution in [0.5, 0.6) is 0 Å². The number of nitrogens with one attached hydrogen (secondary N) is 1. The zero-order chi connectivity index (χ0) is 45.1. The molecule has 0 aliphatic carbocycles. The number of aliphatic hydroxyl groups excluding tert-OH is 3. The molecule has 0 saturated carbocycles. The summed E-state index contributed by atoms with van der Waals surface area (Å²) >= 11 is 0. The molecule has 366 valence electrons. The van der Waals surface area contributed by atoms with E-state index in [4.69, 9.17) is 0 Å². The van der Waals surface area contributed by atoms with Crippen molar-refractivity contribution in [3.05, 3.63) is 36.5 Å². The van der Waals surface area contributed by atoms with Gasteiger partial charge in [-0.15, -0.1) is 0 Å². The summed E-state index contributed by atoms with van der Waals surface area (Å²) in [5.41, 5.74) is 0. The summed E-state index contributed by atoms with van der Waals surface area (Å²) in [5.74, 6) is -0.500. The number of amides is 1. The summed E-state index contributed by atoms with van der Waals surface area (Å²) in [6, 6.07) is -0.797. The van der Waals surface area contributed by atoms with E-state index in [1.165, 1.54) is 238 Å². The fraction of sp³-hybridized carbons (Fsp3) is 0.877. The predicted molar refractivity (Wildman–Crippen MR) is 273 cm³/mol. The molecule has 0 heterocycles. The lowest BCUT2D eigenvalue weighted by molar-refractivity contribution is -0.131. The van der Waals surface area contributed by atoms with E-state index in [-0.39, 0.29) is 6.61 Å². The second-order valence-electron chi connectivity index (χ2n) is 19.1. The molecule has 0 radical (unpaired) electrons. The Kier molecular flexibility index (Phi) is 51.0. The first-order valence-electron chi connectivity index (χ1n) is 27.8. The van der Waals surface area contributed by atoms with Crippen molar-refractivity contribution < 1.29 is 20.1 Å². The summed E-state index contributed by atoms with van der Waals surface area (Å²) in [7, 11) is 0. The Morgan fingerprint density at radius 1 is 0.403 bits per heavy atom. The number of carbonyl (C=O) groups is 1. The van der Waals surface area contributed by atoms with Crippen LogP contribution in [0.3, 0.4) is 0 Å². The number of unbranched alkanes of at least 4 members (excludes halogenated alkanes) is 39. The SMILES string of the molecule is CCCCCCCCCCC/C=C\C/C=C\CCCCCCCCCCCCCCCCCCC(O)C(=O)NC(CO)C(O)/C=C/CCCCCCCCCCCCCCCC. The van der Waals surface area contributed by atoms with E-state index < -0.39 is 24.2 Å². The highest BCUT2D eigenvalue weighted by Gasteiger charge is 2.22. The van der Waals surface area contributed by atoms with Crippen LogP contribution in [0.2, 0.25) is 0 Å². The van der Waals surface area contributed by atoms with E-state index in [1.807, 2.05) is 6.08 Å². The molecule has 4 N–H and O–H groups in total. The summed E-state index contributed by atoms with van der Waals surface area (Å²) in [6.07, 6.45) is 67.9. The fourth-order valence-electron chi connectivity index (χ4n) is 8.63. The molecule has 3 atom stereocenters. The maximum absolute atomic E-state index is 12.5. The van der Waals surface area contributed by atoms with Crippen LogP contribution >= 0.6 is 0 Å². The predicted octanol–water partition coefficient (Wildman–Crippen LogP) is 17.1. The van der Waals surface area contributed by atoms with Crippen molar-refractivity contribution in [3.63, 3.8) is 0 Å². The highest BCUT2D eigenvalue weighted by Crippen LogP contribution is 2.17. The minimum atomic E-state index is -1.10. The Balaban J connectivity index is 3.54. The maximum atomic E-state index is 12.5. The molecule has 0 aromatic carbocycles. The smallest absolute Gasteiger partial charge is 0.249 e. The summed E-state index contributed by atoms with van der Waals surface area (Å²) in [5, 5.41) is 33.3. The van der Waals surface area contributed by atoms with Gasteiger partial charge in [0.2, 0.25) is 5.91 Å². The van der Waals surface area contributed by atoms with E-state index >= 15 is 0 Å². The largest absolute Gasteiger partial charge is 0.394 e. The number of allylic oxidation sites excluding steroid dienone is 5. The van der Waals surface area contributed by atoms with E-state index in [1.54, 1.807) is 6.08 Å². The second kappa shape index (κ2) is 52.2. The van der Waals surface area contributed by atoms with E-state index in [0.717, 1.165) is 38.5 Å². The molecule has 0 bridgehead atoms. The van der Waals surface area contributed by atoms with Gasteiger partial charge in [-0.2, -0.15) is 0 Å². The van der Waals surface area contributed by atoms with Crippen LogP contribution in [0, 0.1) is 0 Å². The van der Waals surface area contributed by atoms with Gasteiger partial charge in [-0.1, -0.05) is 281 Å². The number of hydrogen-bond donors (Lipinski definition) is 4. The van der Waals surface area contributed by atoms with Crippen molar-refractivity contribution in [3.8, 4) is 0 Å². The lowest BCUT2D eigenvalue weighted by Crippen LogP contribution is -2.48. The lowest BCUT2D eigenvalue weighted by atomic mass is 10.0. The maximum Gasteiger partial charge on any atom is 0.249 e. The van der Waals surface area contributed by atoms with Crippen LogP contribution in [0.4, 0.5) is 0 Å². The van der Waals surface area contributed by atoms with E-state index in [2.05, 4.69) is 43.5 Å². The molecule has 3 unspecified atom stereocenters. The number of aliphatic hydroxyl groups is 3. The quantitative estimate of drug-likeness (QED) is 0.0362. The molecule has 0 rings (SSSR count). The first-order valence-corrected chi connectivity index (χ1v) is 27.8. The van der Waals surface area contributed by atoms with Gasteiger partial charge in [0.05, 0.1) is 18.8 Å². The topological polar surface area (TPSA) is 89.8 Å². The minimum Gasteiger partial charge on any atom is -0.394 e. The van der Waals surface area contributed by atoms with Crippen LogP contribution in [0.25, 0.3) is 0 Å². The van der Waals surface area contributed by atoms with Crippen LogP contribution in [-0.2, 0) is 4.79 Å². The first-order chi connectivity index (χ1) is 30.6. The van der Waals surface area contributed by atoms with Crippen molar-refractivity contribution in [2.24, 2.45) is 0 Å². The van der Waals surface area contributed by atoms with Crippen molar-refractivity contribution >= 4 is 5.91 Å². The standard InChI is InChI=1S/C57H109NO4/c1-3-5-7-9-11-13-15-17-19-21-22-23-24-25-26-27-28-29-30-31-32-33-34-35-36-38-40-42-44-46-48-50-52-56(61)57(62)58-54(53-59)55(60)51-49-47-45-43-41-39-37-20-18-16-14-12-10-8-6-4-2/h22-23,25-26,49,51,54-56,59-61H,3-21,24,27-48,50,52-53H2,1-2H3,(H,58,62)/b23-22-,26-25-,51-49+. The molecule has 0 aliphatic rings. The fourth-order valence-corrected chi connectivity index (χ4v) is 8.63. The second-order valence-corrected chi connectivity index (χ2v) is 19.1. The molecule has 0 aromatic rings. The first kappa shape index (κ1) is 60.6. The molecular weight excluding hydrogens is 763 g/mol. The summed E-state index contributed by atoms with van der Waals surface area (Å²) in [6.45, 7) is 4.20. The molecule has 0 fully saturated rings. The van der Waals surface area contributed by atoms with Crippen LogP contribution in [-0.4, -0.2) is 46.1 Å². The molecule has 1 amide bonds. The van der Waals surface area contributed by atoms with Gasteiger partial charge in [-0.25, -0.2) is 0 Å². The van der Waals surface area contributed by atoms with E-state index in [0.29, 0.717) is 6.42 Å². The highest BCUT2D eigenvalue weighted by atomic mass is 16.3. The van der Waals surface area contributed by atoms with Crippen molar-refractivity contribution in [1.82, 2.24) is 5.32 Å². The third kappa shape index (κ3) is 46.6. The zero-order valence-corrected chi connectivity index (χ0v) is 41.8. The monoisotopic (exact) mass is 872 g/mol. The number of hydrogen-bond acceptors (Lipinski definition) is 4. The molecule has 0 saturated heterocycles. The summed E-state index contributed by atoms with van der Waals surface area (Å²) in [4.78, 5) is 12.5. The average Bonchev–Trinajstić information content (AvgIpc) is 3.28. The Morgan fingerprint density at radius 2 is 0.694 bits per heavy atom. The van der Waals surface area contributed by atoms with Gasteiger partial charge < -0.3 is 20.6 Å². The molecule has 5 nitrogen and oxygen atoms in total. The van der Waals surface area contributed by atoms with Gasteiger partial charge in [-0.3, -0.25) is 4.79 Å². The van der Waals surface area contributed by atoms with Gasteiger partial charge in [-0.05, 0) is 51.4 Å². The van der Waals surface area contributed by atoms with Gasteiger partial charge >= 0.3 is 0 Å². The summed E-state index contributed by atoms with van der Waals surface area (Å²) < 4.78 is 0. The molecule has 62 heavy (non-hydrogen) atoms. The Hall–Kier alpha value is -1.43. The normalized spacial score (nSPS) is 13.6. The highest BCUT2D eigenvalue weighted by molar-refractivity contribution is 5.80. The Bertz CT molecular complexity index is 962. The Morgan fingerprint density at radius 3 is 1.02 bits per heavy atom. The Labute approximate surface area is 387 Å². The van der Waals surface area contributed by atoms with Crippen molar-refractivity contribution in [2.45, 2.75) is 315 Å². The average molecular weight is 873 g/mol. The van der Waals surface area contributed by atoms with Crippen LogP contribution in [0.1, 0.15) is 296 Å². The molecule has 0 spiro atoms. The molecular formula is C57H109NO4. The van der Waals surface area contributed by atoms with Crippen molar-refractivity contribution in [1.29, 1.82) is 0 Å². The van der Waals surface area contributed by atoms with Gasteiger partial charge in [0.25, 0.3) is 0 Å². The van der Waals surface area contributed by atoms with Crippen LogP contribution in [0.15, 0.2) is 36.5 Å². The van der Waals surface area contributed by atoms with Gasteiger partial charge in [0.15, 0.2) is 0 Å². The number of carbonyl (C=O) groups excluding carboxylic acids is 1. The van der Waals surface area contributed by atoms with Crippen LogP contribution < -0.4 is 5.32 Å². The minimum absolute atomic E-state index is 0.362. The van der Waals surface area contributed by atoms with Gasteiger partial charge in [0.1, 0.15) is 6.10 Å². The van der Waals surface area contributed by atoms with E-state index in [9.17, 15) is 20.1 Å². The van der Waals surface area contributed by atoms with Gasteiger partial charge in [0, 0.05) is 0 Å². The molecule has 0 aliphatic heterocycles. The lowest BCUT2D eigenvalue weighted by Gasteiger charge is -2.21. The molecule has 0 aromatic heterocycles.